The quantitative estimate of drug-likeness (QED) is 0.337. The Balaban J connectivity index is 1.38. The van der Waals surface area contributed by atoms with Gasteiger partial charge < -0.3 is 15.2 Å². The fourth-order valence-electron chi connectivity index (χ4n) is 4.28. The fraction of sp³-hybridized carbons (Fsp3) is 0.222. The molecule has 0 aliphatic heterocycles. The summed E-state index contributed by atoms with van der Waals surface area (Å²) in [7, 11) is 0. The van der Waals surface area contributed by atoms with Gasteiger partial charge in [0.25, 0.3) is 5.91 Å². The Labute approximate surface area is 211 Å². The molecule has 2 amide bonds. The van der Waals surface area contributed by atoms with Crippen LogP contribution in [0.2, 0.25) is 0 Å². The average molecular weight is 537 g/mol. The van der Waals surface area contributed by atoms with E-state index in [-0.39, 0.29) is 24.9 Å². The molecule has 3 aromatic carbocycles. The second-order valence-corrected chi connectivity index (χ2v) is 9.18. The number of benzene rings is 3. The number of anilines is 1. The van der Waals surface area contributed by atoms with Crippen molar-refractivity contribution >= 4 is 39.6 Å². The van der Waals surface area contributed by atoms with E-state index in [4.69, 9.17) is 9.84 Å². The lowest BCUT2D eigenvalue weighted by Gasteiger charge is -2.16. The molecule has 35 heavy (non-hydrogen) atoms. The Kier molecular flexibility index (Phi) is 7.51. The van der Waals surface area contributed by atoms with Crippen molar-refractivity contribution in [2.24, 2.45) is 0 Å². The van der Waals surface area contributed by atoms with Gasteiger partial charge in [0.1, 0.15) is 6.61 Å². The molecular weight excluding hydrogens is 512 g/mol. The Hall–Kier alpha value is -3.65. The standard InChI is InChI=1S/C27H25BrN2O5/c1-2-17(14-25(31)32)29-26(33)16-11-12-24(23(28)13-16)30-27(34)35-15-22-20-9-5-3-7-18(20)19-8-4-6-10-21(19)22/h3-13,17,22H,2,14-15H2,1H3,(H,29,33)(H,30,34)(H,31,32)/t17-/m0/s1. The fourth-order valence-corrected chi connectivity index (χ4v) is 4.76. The van der Waals surface area contributed by atoms with Gasteiger partial charge in [0.2, 0.25) is 0 Å². The maximum atomic E-state index is 12.6. The van der Waals surface area contributed by atoms with Gasteiger partial charge in [0.15, 0.2) is 0 Å². The molecule has 0 saturated carbocycles. The van der Waals surface area contributed by atoms with E-state index in [9.17, 15) is 14.4 Å². The van der Waals surface area contributed by atoms with Crippen LogP contribution in [0.3, 0.4) is 0 Å². The van der Waals surface area contributed by atoms with Crippen molar-refractivity contribution in [3.05, 3.63) is 87.9 Å². The topological polar surface area (TPSA) is 105 Å². The third kappa shape index (κ3) is 5.54. The minimum atomic E-state index is -0.971. The van der Waals surface area contributed by atoms with Gasteiger partial charge >= 0.3 is 12.1 Å². The molecule has 180 valence electrons. The lowest BCUT2D eigenvalue weighted by molar-refractivity contribution is -0.137. The van der Waals surface area contributed by atoms with E-state index in [1.54, 1.807) is 18.2 Å². The number of carboxylic acids is 1. The van der Waals surface area contributed by atoms with Crippen molar-refractivity contribution in [2.75, 3.05) is 11.9 Å². The molecule has 8 heteroatoms. The number of carbonyl (C=O) groups excluding carboxylic acids is 2. The zero-order chi connectivity index (χ0) is 24.9. The van der Waals surface area contributed by atoms with Gasteiger partial charge in [-0.1, -0.05) is 55.5 Å². The smallest absolute Gasteiger partial charge is 0.411 e. The SMILES string of the molecule is CC[C@@H](CC(=O)O)NC(=O)c1ccc(NC(=O)OCC2c3ccccc3-c3ccccc32)c(Br)c1. The van der Waals surface area contributed by atoms with Gasteiger partial charge in [0.05, 0.1) is 12.1 Å². The van der Waals surface area contributed by atoms with E-state index in [1.165, 1.54) is 0 Å². The number of carbonyl (C=O) groups is 3. The summed E-state index contributed by atoms with van der Waals surface area (Å²) in [5.41, 5.74) is 5.37. The number of amides is 2. The van der Waals surface area contributed by atoms with Crippen LogP contribution < -0.4 is 10.6 Å². The molecule has 0 unspecified atom stereocenters. The van der Waals surface area contributed by atoms with Crippen molar-refractivity contribution in [3.63, 3.8) is 0 Å². The normalized spacial score (nSPS) is 12.9. The van der Waals surface area contributed by atoms with E-state index in [0.717, 1.165) is 22.3 Å². The minimum absolute atomic E-state index is 0.0417. The van der Waals surface area contributed by atoms with Crippen LogP contribution in [0, 0.1) is 0 Å². The number of carboxylic acid groups (broad SMARTS) is 1. The summed E-state index contributed by atoms with van der Waals surface area (Å²) in [6, 6.07) is 20.5. The van der Waals surface area contributed by atoms with Gasteiger partial charge in [-0.15, -0.1) is 0 Å². The van der Waals surface area contributed by atoms with Crippen LogP contribution in [-0.4, -0.2) is 35.7 Å². The maximum absolute atomic E-state index is 12.6. The predicted molar refractivity (Wildman–Crippen MR) is 137 cm³/mol. The molecule has 7 nitrogen and oxygen atoms in total. The molecule has 1 atom stereocenters. The molecule has 0 saturated heterocycles. The number of hydrogen-bond acceptors (Lipinski definition) is 4. The molecule has 3 aromatic rings. The minimum Gasteiger partial charge on any atom is -0.481 e. The van der Waals surface area contributed by atoms with Gasteiger partial charge in [0, 0.05) is 22.0 Å². The molecule has 0 heterocycles. The molecule has 0 fully saturated rings. The molecule has 4 rings (SSSR count). The van der Waals surface area contributed by atoms with Crippen LogP contribution in [0.5, 0.6) is 0 Å². The summed E-state index contributed by atoms with van der Waals surface area (Å²) < 4.78 is 6.08. The van der Waals surface area contributed by atoms with Crippen LogP contribution in [0.4, 0.5) is 10.5 Å². The molecule has 0 spiro atoms. The number of ether oxygens (including phenoxy) is 1. The third-order valence-electron chi connectivity index (χ3n) is 6.06. The maximum Gasteiger partial charge on any atom is 0.411 e. The number of halogens is 1. The summed E-state index contributed by atoms with van der Waals surface area (Å²) in [5.74, 6) is -1.40. The zero-order valence-corrected chi connectivity index (χ0v) is 20.7. The Bertz CT molecular complexity index is 1230. The van der Waals surface area contributed by atoms with Gasteiger partial charge in [-0.05, 0) is 62.8 Å². The van der Waals surface area contributed by atoms with E-state index in [2.05, 4.69) is 50.8 Å². The first kappa shape index (κ1) is 24.5. The van der Waals surface area contributed by atoms with Crippen LogP contribution >= 0.6 is 15.9 Å². The second-order valence-electron chi connectivity index (χ2n) is 8.32. The second kappa shape index (κ2) is 10.7. The summed E-state index contributed by atoms with van der Waals surface area (Å²) >= 11 is 3.38. The van der Waals surface area contributed by atoms with Crippen molar-refractivity contribution in [3.8, 4) is 11.1 Å². The highest BCUT2D eigenvalue weighted by atomic mass is 79.9. The molecule has 3 N–H and O–H groups in total. The van der Waals surface area contributed by atoms with Crippen molar-refractivity contribution in [1.29, 1.82) is 0 Å². The van der Waals surface area contributed by atoms with E-state index in [1.807, 2.05) is 31.2 Å². The largest absolute Gasteiger partial charge is 0.481 e. The van der Waals surface area contributed by atoms with E-state index < -0.39 is 18.1 Å². The van der Waals surface area contributed by atoms with Gasteiger partial charge in [-0.25, -0.2) is 4.79 Å². The molecular formula is C27H25BrN2O5. The zero-order valence-electron chi connectivity index (χ0n) is 19.1. The van der Waals surface area contributed by atoms with Crippen LogP contribution in [0.1, 0.15) is 47.2 Å². The predicted octanol–water partition coefficient (Wildman–Crippen LogP) is 5.79. The Morgan fingerprint density at radius 2 is 1.63 bits per heavy atom. The first-order valence-electron chi connectivity index (χ1n) is 11.3. The highest BCUT2D eigenvalue weighted by Crippen LogP contribution is 2.44. The van der Waals surface area contributed by atoms with Crippen LogP contribution in [0.25, 0.3) is 11.1 Å². The first-order valence-corrected chi connectivity index (χ1v) is 12.1. The molecule has 1 aliphatic carbocycles. The lowest BCUT2D eigenvalue weighted by atomic mass is 9.98. The van der Waals surface area contributed by atoms with Gasteiger partial charge in [-0.2, -0.15) is 0 Å². The highest BCUT2D eigenvalue weighted by Gasteiger charge is 2.29. The van der Waals surface area contributed by atoms with Gasteiger partial charge in [-0.3, -0.25) is 14.9 Å². The van der Waals surface area contributed by atoms with Crippen LogP contribution in [-0.2, 0) is 9.53 Å². The van der Waals surface area contributed by atoms with Crippen molar-refractivity contribution in [1.82, 2.24) is 5.32 Å². The summed E-state index contributed by atoms with van der Waals surface area (Å²) in [6.45, 7) is 2.01. The van der Waals surface area contributed by atoms with Crippen LogP contribution in [0.15, 0.2) is 71.2 Å². The van der Waals surface area contributed by atoms with Crippen molar-refractivity contribution < 1.29 is 24.2 Å². The molecule has 0 bridgehead atoms. The van der Waals surface area contributed by atoms with E-state index >= 15 is 0 Å². The number of hydrogen-bond donors (Lipinski definition) is 3. The lowest BCUT2D eigenvalue weighted by Crippen LogP contribution is -2.36. The third-order valence-corrected chi connectivity index (χ3v) is 6.72. The summed E-state index contributed by atoms with van der Waals surface area (Å²) in [6.07, 6.45) is -0.247. The average Bonchev–Trinajstić information content (AvgIpc) is 3.17. The number of nitrogens with one attached hydrogen (secondary N) is 2. The molecule has 0 aromatic heterocycles. The first-order chi connectivity index (χ1) is 16.9. The Morgan fingerprint density at radius 1 is 1.00 bits per heavy atom. The highest BCUT2D eigenvalue weighted by molar-refractivity contribution is 9.10. The number of aliphatic carboxylic acids is 1. The molecule has 0 radical (unpaired) electrons. The molecule has 1 aliphatic rings. The Morgan fingerprint density at radius 3 is 2.20 bits per heavy atom. The summed E-state index contributed by atoms with van der Waals surface area (Å²) in [4.78, 5) is 36.0. The van der Waals surface area contributed by atoms with Crippen molar-refractivity contribution in [2.45, 2.75) is 31.7 Å². The number of fused-ring (bicyclic) bond motifs is 3. The van der Waals surface area contributed by atoms with E-state index in [0.29, 0.717) is 22.1 Å². The summed E-state index contributed by atoms with van der Waals surface area (Å²) in [5, 5.41) is 14.4. The number of rotatable bonds is 8. The monoisotopic (exact) mass is 536 g/mol.